The van der Waals surface area contributed by atoms with Crippen LogP contribution in [0.2, 0.25) is 0 Å². The molecule has 0 atom stereocenters. The highest BCUT2D eigenvalue weighted by molar-refractivity contribution is 5.85. The number of likely N-dealkylation sites (N-methyl/N-ethyl adjacent to an activating group) is 1. The predicted molar refractivity (Wildman–Crippen MR) is 79.2 cm³/mol. The number of fused-ring (bicyclic) bond motifs is 1. The molecule has 110 valence electrons. The summed E-state index contributed by atoms with van der Waals surface area (Å²) in [5, 5.41) is 4.00. The molecule has 0 fully saturated rings. The van der Waals surface area contributed by atoms with Crippen LogP contribution in [0.25, 0.3) is 11.0 Å². The molecule has 0 bridgehead atoms. The molecule has 0 spiro atoms. The van der Waals surface area contributed by atoms with Crippen molar-refractivity contribution in [2.24, 2.45) is 0 Å². The number of rotatable bonds is 5. The minimum Gasteiger partial charge on any atom is -0.357 e. The summed E-state index contributed by atoms with van der Waals surface area (Å²) in [6.07, 6.45) is 4.15. The molecule has 7 nitrogen and oxygen atoms in total. The fourth-order valence-corrected chi connectivity index (χ4v) is 2.12. The van der Waals surface area contributed by atoms with E-state index in [1.54, 1.807) is 6.33 Å². The molecule has 0 aromatic carbocycles. The van der Waals surface area contributed by atoms with E-state index in [9.17, 15) is 0 Å². The van der Waals surface area contributed by atoms with Gasteiger partial charge in [0, 0.05) is 32.1 Å². The zero-order chi connectivity index (χ0) is 14.8. The summed E-state index contributed by atoms with van der Waals surface area (Å²) in [5.74, 6) is 2.53. The van der Waals surface area contributed by atoms with Crippen molar-refractivity contribution in [2.75, 3.05) is 18.5 Å². The van der Waals surface area contributed by atoms with Crippen LogP contribution in [-0.4, -0.2) is 38.7 Å². The Labute approximate surface area is 122 Å². The standard InChI is InChI=1S/C14H18N6O/c1-9(2)14-18-11(19-21-14)5-7-20(3)13-12-10(4-6-15-12)16-8-17-13/h4,6,8-9,15H,5,7H2,1-3H3. The maximum Gasteiger partial charge on any atom is 0.229 e. The summed E-state index contributed by atoms with van der Waals surface area (Å²) in [4.78, 5) is 18.2. The van der Waals surface area contributed by atoms with Crippen LogP contribution in [0.3, 0.4) is 0 Å². The highest BCUT2D eigenvalue weighted by atomic mass is 16.5. The van der Waals surface area contributed by atoms with Crippen LogP contribution in [0.15, 0.2) is 23.1 Å². The Morgan fingerprint density at radius 1 is 1.33 bits per heavy atom. The molecular weight excluding hydrogens is 268 g/mol. The SMILES string of the molecule is CC(C)c1nc(CCN(C)c2ncnc3cc[nH]c23)no1. The first-order valence-electron chi connectivity index (χ1n) is 6.97. The lowest BCUT2D eigenvalue weighted by Crippen LogP contribution is -2.22. The van der Waals surface area contributed by atoms with Gasteiger partial charge < -0.3 is 14.4 Å². The lowest BCUT2D eigenvalue weighted by molar-refractivity contribution is 0.360. The second-order valence-electron chi connectivity index (χ2n) is 5.31. The summed E-state index contributed by atoms with van der Waals surface area (Å²) in [7, 11) is 1.99. The van der Waals surface area contributed by atoms with E-state index in [-0.39, 0.29) is 5.92 Å². The van der Waals surface area contributed by atoms with E-state index in [2.05, 4.69) is 30.0 Å². The lowest BCUT2D eigenvalue weighted by Gasteiger charge is -2.17. The van der Waals surface area contributed by atoms with Crippen molar-refractivity contribution in [2.45, 2.75) is 26.2 Å². The van der Waals surface area contributed by atoms with Crippen LogP contribution >= 0.6 is 0 Å². The van der Waals surface area contributed by atoms with Gasteiger partial charge in [0.15, 0.2) is 11.6 Å². The first kappa shape index (κ1) is 13.5. The summed E-state index contributed by atoms with van der Waals surface area (Å²) < 4.78 is 5.21. The van der Waals surface area contributed by atoms with Crippen molar-refractivity contribution >= 4 is 16.9 Å². The Balaban J connectivity index is 1.71. The molecule has 7 heteroatoms. The van der Waals surface area contributed by atoms with Crippen LogP contribution in [0, 0.1) is 0 Å². The maximum absolute atomic E-state index is 5.21. The summed E-state index contributed by atoms with van der Waals surface area (Å²) in [5.41, 5.74) is 1.85. The van der Waals surface area contributed by atoms with Crippen LogP contribution in [-0.2, 0) is 6.42 Å². The average Bonchev–Trinajstić information content (AvgIpc) is 3.12. The Morgan fingerprint density at radius 3 is 2.95 bits per heavy atom. The molecule has 1 N–H and O–H groups in total. The number of anilines is 1. The fraction of sp³-hybridized carbons (Fsp3) is 0.429. The molecular formula is C14H18N6O. The molecule has 21 heavy (non-hydrogen) atoms. The van der Waals surface area contributed by atoms with Gasteiger partial charge in [-0.05, 0) is 6.07 Å². The summed E-state index contributed by atoms with van der Waals surface area (Å²) >= 11 is 0. The predicted octanol–water partition coefficient (Wildman–Crippen LogP) is 2.14. The molecule has 3 aromatic heterocycles. The van der Waals surface area contributed by atoms with Crippen LogP contribution in [0.4, 0.5) is 5.82 Å². The van der Waals surface area contributed by atoms with Gasteiger partial charge in [-0.15, -0.1) is 0 Å². The average molecular weight is 286 g/mol. The number of nitrogens with zero attached hydrogens (tertiary/aromatic N) is 5. The molecule has 3 rings (SSSR count). The van der Waals surface area contributed by atoms with Gasteiger partial charge in [0.05, 0.1) is 5.52 Å². The number of aromatic amines is 1. The van der Waals surface area contributed by atoms with E-state index in [4.69, 9.17) is 4.52 Å². The molecule has 3 aromatic rings. The first-order chi connectivity index (χ1) is 10.1. The maximum atomic E-state index is 5.21. The number of hydrogen-bond donors (Lipinski definition) is 1. The van der Waals surface area contributed by atoms with Gasteiger partial charge >= 0.3 is 0 Å². The molecule has 0 saturated heterocycles. The van der Waals surface area contributed by atoms with E-state index >= 15 is 0 Å². The molecule has 0 unspecified atom stereocenters. The second kappa shape index (κ2) is 5.51. The topological polar surface area (TPSA) is 83.7 Å². The Hall–Kier alpha value is -2.44. The highest BCUT2D eigenvalue weighted by Crippen LogP contribution is 2.20. The third kappa shape index (κ3) is 2.72. The quantitative estimate of drug-likeness (QED) is 0.773. The van der Waals surface area contributed by atoms with Crippen LogP contribution in [0.1, 0.15) is 31.5 Å². The monoisotopic (exact) mass is 286 g/mol. The second-order valence-corrected chi connectivity index (χ2v) is 5.31. The molecule has 0 saturated carbocycles. The van der Waals surface area contributed by atoms with E-state index in [0.29, 0.717) is 12.3 Å². The zero-order valence-electron chi connectivity index (χ0n) is 12.4. The molecule has 0 amide bonds. The number of aromatic nitrogens is 5. The van der Waals surface area contributed by atoms with Crippen molar-refractivity contribution < 1.29 is 4.52 Å². The van der Waals surface area contributed by atoms with Gasteiger partial charge in [-0.25, -0.2) is 9.97 Å². The third-order valence-corrected chi connectivity index (χ3v) is 3.34. The van der Waals surface area contributed by atoms with Crippen molar-refractivity contribution in [1.82, 2.24) is 25.1 Å². The van der Waals surface area contributed by atoms with Gasteiger partial charge in [-0.1, -0.05) is 19.0 Å². The van der Waals surface area contributed by atoms with Gasteiger partial charge in [-0.2, -0.15) is 4.98 Å². The van der Waals surface area contributed by atoms with Gasteiger partial charge in [0.1, 0.15) is 11.8 Å². The Bertz CT molecular complexity index is 732. The largest absolute Gasteiger partial charge is 0.357 e. The normalized spacial score (nSPS) is 11.4. The molecule has 0 aliphatic heterocycles. The minimum atomic E-state index is 0.254. The van der Waals surface area contributed by atoms with Gasteiger partial charge in [-0.3, -0.25) is 0 Å². The van der Waals surface area contributed by atoms with Crippen LogP contribution in [0.5, 0.6) is 0 Å². The number of nitrogens with one attached hydrogen (secondary N) is 1. The van der Waals surface area contributed by atoms with Crippen LogP contribution < -0.4 is 4.90 Å². The summed E-state index contributed by atoms with van der Waals surface area (Å²) in [6.45, 7) is 4.82. The number of H-pyrrole nitrogens is 1. The van der Waals surface area contributed by atoms with Gasteiger partial charge in [0.25, 0.3) is 0 Å². The van der Waals surface area contributed by atoms with Crippen molar-refractivity contribution in [1.29, 1.82) is 0 Å². The minimum absolute atomic E-state index is 0.254. The Morgan fingerprint density at radius 2 is 2.19 bits per heavy atom. The number of hydrogen-bond acceptors (Lipinski definition) is 6. The fourth-order valence-electron chi connectivity index (χ4n) is 2.12. The molecule has 0 aliphatic rings. The van der Waals surface area contributed by atoms with Crippen molar-refractivity contribution in [3.63, 3.8) is 0 Å². The van der Waals surface area contributed by atoms with E-state index in [1.807, 2.05) is 33.2 Å². The lowest BCUT2D eigenvalue weighted by atomic mass is 10.2. The van der Waals surface area contributed by atoms with E-state index < -0.39 is 0 Å². The van der Waals surface area contributed by atoms with E-state index in [0.717, 1.165) is 29.2 Å². The molecule has 0 aliphatic carbocycles. The molecule has 3 heterocycles. The van der Waals surface area contributed by atoms with E-state index in [1.165, 1.54) is 0 Å². The molecule has 0 radical (unpaired) electrons. The highest BCUT2D eigenvalue weighted by Gasteiger charge is 2.13. The smallest absolute Gasteiger partial charge is 0.229 e. The first-order valence-corrected chi connectivity index (χ1v) is 6.97. The summed E-state index contributed by atoms with van der Waals surface area (Å²) in [6, 6.07) is 1.93. The zero-order valence-corrected chi connectivity index (χ0v) is 12.4. The third-order valence-electron chi connectivity index (χ3n) is 3.34. The van der Waals surface area contributed by atoms with Gasteiger partial charge in [0.2, 0.25) is 5.89 Å². The Kier molecular flexibility index (Phi) is 3.55. The van der Waals surface area contributed by atoms with Crippen molar-refractivity contribution in [3.8, 4) is 0 Å². The van der Waals surface area contributed by atoms with Crippen molar-refractivity contribution in [3.05, 3.63) is 30.3 Å².